The number of rotatable bonds is 5. The van der Waals surface area contributed by atoms with E-state index < -0.39 is 23.4 Å². The number of carbonyl (C=O) groups excluding carboxylic acids is 1. The van der Waals surface area contributed by atoms with Gasteiger partial charge in [-0.1, -0.05) is 0 Å². The van der Waals surface area contributed by atoms with Crippen LogP contribution >= 0.6 is 22.6 Å². The van der Waals surface area contributed by atoms with Crippen molar-refractivity contribution in [1.82, 2.24) is 9.80 Å². The second-order valence-electron chi connectivity index (χ2n) is 7.52. The van der Waals surface area contributed by atoms with Crippen molar-refractivity contribution in [2.24, 2.45) is 5.92 Å². The van der Waals surface area contributed by atoms with Crippen LogP contribution in [0.4, 0.5) is 24.5 Å². The molecule has 2 saturated heterocycles. The van der Waals surface area contributed by atoms with Gasteiger partial charge in [0.15, 0.2) is 11.6 Å². The van der Waals surface area contributed by atoms with Crippen molar-refractivity contribution in [3.8, 4) is 0 Å². The molecule has 0 aromatic heterocycles. The smallest absolute Gasteiger partial charge is 0.256 e. The lowest BCUT2D eigenvalue weighted by molar-refractivity contribution is 0.00716. The predicted octanol–water partition coefficient (Wildman–Crippen LogP) is 3.86. The van der Waals surface area contributed by atoms with Crippen LogP contribution in [0.2, 0.25) is 0 Å². The van der Waals surface area contributed by atoms with Crippen LogP contribution in [-0.4, -0.2) is 61.6 Å². The molecule has 0 radical (unpaired) electrons. The topological polar surface area (TPSA) is 44.8 Å². The largest absolute Gasteiger partial charge is 0.379 e. The predicted molar refractivity (Wildman–Crippen MR) is 115 cm³/mol. The van der Waals surface area contributed by atoms with E-state index in [1.807, 2.05) is 22.6 Å². The number of hydrogen-bond donors (Lipinski definition) is 1. The van der Waals surface area contributed by atoms with E-state index in [1.54, 1.807) is 11.0 Å². The van der Waals surface area contributed by atoms with Gasteiger partial charge in [0.25, 0.3) is 5.91 Å². The Morgan fingerprint density at radius 1 is 1.10 bits per heavy atom. The number of amides is 1. The molecular weight excluding hydrogens is 510 g/mol. The van der Waals surface area contributed by atoms with Crippen molar-refractivity contribution >= 4 is 39.9 Å². The molecule has 5 nitrogen and oxygen atoms in total. The second kappa shape index (κ2) is 9.11. The summed E-state index contributed by atoms with van der Waals surface area (Å²) in [4.78, 5) is 16.9. The van der Waals surface area contributed by atoms with Gasteiger partial charge < -0.3 is 15.0 Å². The number of nitrogens with one attached hydrogen (secondary N) is 1. The molecule has 160 valence electrons. The Bertz CT molecular complexity index is 947. The third-order valence-corrected chi connectivity index (χ3v) is 6.05. The van der Waals surface area contributed by atoms with E-state index in [0.717, 1.165) is 25.7 Å². The molecule has 2 aromatic rings. The van der Waals surface area contributed by atoms with Gasteiger partial charge in [-0.05, 0) is 52.9 Å². The zero-order valence-corrected chi connectivity index (χ0v) is 18.3. The zero-order chi connectivity index (χ0) is 21.3. The van der Waals surface area contributed by atoms with Crippen LogP contribution in [0.15, 0.2) is 30.3 Å². The number of morpholine rings is 1. The number of halogens is 4. The van der Waals surface area contributed by atoms with E-state index in [-0.39, 0.29) is 16.9 Å². The van der Waals surface area contributed by atoms with E-state index in [2.05, 4.69) is 10.2 Å². The molecule has 0 bridgehead atoms. The molecule has 0 spiro atoms. The van der Waals surface area contributed by atoms with Gasteiger partial charge in [-0.25, -0.2) is 13.2 Å². The molecule has 0 aliphatic carbocycles. The van der Waals surface area contributed by atoms with Gasteiger partial charge in [0.05, 0.1) is 30.2 Å². The van der Waals surface area contributed by atoms with Crippen molar-refractivity contribution in [3.63, 3.8) is 0 Å². The normalized spacial score (nSPS) is 17.7. The summed E-state index contributed by atoms with van der Waals surface area (Å²) in [5.74, 6) is -2.99. The first kappa shape index (κ1) is 21.4. The first-order valence-electron chi connectivity index (χ1n) is 9.72. The maximum absolute atomic E-state index is 14.5. The highest BCUT2D eigenvalue weighted by Crippen LogP contribution is 2.31. The summed E-state index contributed by atoms with van der Waals surface area (Å²) < 4.78 is 48.6. The van der Waals surface area contributed by atoms with Crippen LogP contribution in [-0.2, 0) is 4.74 Å². The monoisotopic (exact) mass is 531 g/mol. The molecule has 2 aliphatic heterocycles. The fourth-order valence-corrected chi connectivity index (χ4v) is 4.20. The highest BCUT2D eigenvalue weighted by atomic mass is 127. The lowest BCUT2D eigenvalue weighted by Crippen LogP contribution is -2.55. The van der Waals surface area contributed by atoms with Gasteiger partial charge in [0.1, 0.15) is 5.82 Å². The fraction of sp³-hybridized carbons (Fsp3) is 0.381. The van der Waals surface area contributed by atoms with Crippen LogP contribution in [0.25, 0.3) is 0 Å². The van der Waals surface area contributed by atoms with Crippen molar-refractivity contribution in [2.45, 2.75) is 0 Å². The standard InChI is InChI=1S/C21H21F3IN3O2/c22-16-3-2-15(20(19(16)24)26-18-4-1-14(25)9-17(18)23)21(29)28-11-13(12-28)10-27-5-7-30-8-6-27/h1-4,9,13,26H,5-8,10-12H2. The number of ether oxygens (including phenoxy) is 1. The van der Waals surface area contributed by atoms with Crippen molar-refractivity contribution in [3.05, 3.63) is 56.9 Å². The van der Waals surface area contributed by atoms with Gasteiger partial charge >= 0.3 is 0 Å². The molecular formula is C21H21F3IN3O2. The van der Waals surface area contributed by atoms with E-state index in [4.69, 9.17) is 4.74 Å². The summed E-state index contributed by atoms with van der Waals surface area (Å²) in [7, 11) is 0. The van der Waals surface area contributed by atoms with Crippen molar-refractivity contribution in [2.75, 3.05) is 51.3 Å². The van der Waals surface area contributed by atoms with Crippen LogP contribution in [0.3, 0.4) is 0 Å². The summed E-state index contributed by atoms with van der Waals surface area (Å²) in [5.41, 5.74) is -0.392. The summed E-state index contributed by atoms with van der Waals surface area (Å²) in [6.07, 6.45) is 0. The number of likely N-dealkylation sites (tertiary alicyclic amines) is 1. The quantitative estimate of drug-likeness (QED) is 0.596. The van der Waals surface area contributed by atoms with Gasteiger partial charge in [0.2, 0.25) is 0 Å². The fourth-order valence-electron chi connectivity index (χ4n) is 3.75. The highest BCUT2D eigenvalue weighted by Gasteiger charge is 2.34. The van der Waals surface area contributed by atoms with Gasteiger partial charge in [-0.15, -0.1) is 0 Å². The van der Waals surface area contributed by atoms with E-state index in [9.17, 15) is 18.0 Å². The van der Waals surface area contributed by atoms with Crippen LogP contribution in [0, 0.1) is 26.9 Å². The molecule has 0 unspecified atom stereocenters. The SMILES string of the molecule is O=C(c1ccc(F)c(F)c1Nc1ccc(I)cc1F)N1CC(CN2CCOCC2)C1. The average molecular weight is 531 g/mol. The average Bonchev–Trinajstić information content (AvgIpc) is 2.70. The zero-order valence-electron chi connectivity index (χ0n) is 16.1. The number of anilines is 2. The molecule has 0 saturated carbocycles. The second-order valence-corrected chi connectivity index (χ2v) is 8.77. The van der Waals surface area contributed by atoms with Gasteiger partial charge in [0, 0.05) is 42.2 Å². The Labute approximate surface area is 186 Å². The Hall–Kier alpha value is -1.85. The molecule has 9 heteroatoms. The van der Waals surface area contributed by atoms with E-state index >= 15 is 0 Å². The number of carbonyl (C=O) groups is 1. The summed E-state index contributed by atoms with van der Waals surface area (Å²) in [6, 6.07) is 6.49. The molecule has 2 fully saturated rings. The minimum absolute atomic E-state index is 0.0170. The molecule has 4 rings (SSSR count). The molecule has 30 heavy (non-hydrogen) atoms. The van der Waals surface area contributed by atoms with Crippen LogP contribution in [0.5, 0.6) is 0 Å². The molecule has 1 N–H and O–H groups in total. The minimum atomic E-state index is -1.20. The number of hydrogen-bond acceptors (Lipinski definition) is 4. The molecule has 1 amide bonds. The van der Waals surface area contributed by atoms with Gasteiger partial charge in [-0.3, -0.25) is 9.69 Å². The van der Waals surface area contributed by atoms with Crippen LogP contribution in [0.1, 0.15) is 10.4 Å². The first-order chi connectivity index (χ1) is 14.4. The van der Waals surface area contributed by atoms with E-state index in [0.29, 0.717) is 35.8 Å². The summed E-state index contributed by atoms with van der Waals surface area (Å²) in [5, 5.41) is 2.58. The lowest BCUT2D eigenvalue weighted by Gasteiger charge is -2.42. The molecule has 2 heterocycles. The number of benzene rings is 2. The molecule has 2 aliphatic rings. The third-order valence-electron chi connectivity index (χ3n) is 5.38. The highest BCUT2D eigenvalue weighted by molar-refractivity contribution is 14.1. The maximum Gasteiger partial charge on any atom is 0.256 e. The molecule has 0 atom stereocenters. The Kier molecular flexibility index (Phi) is 6.49. The Balaban J connectivity index is 1.48. The summed E-state index contributed by atoms with van der Waals surface area (Å²) >= 11 is 1.95. The Morgan fingerprint density at radius 2 is 1.83 bits per heavy atom. The first-order valence-corrected chi connectivity index (χ1v) is 10.8. The summed E-state index contributed by atoms with van der Waals surface area (Å²) in [6.45, 7) is 5.16. The van der Waals surface area contributed by atoms with E-state index in [1.165, 1.54) is 18.2 Å². The number of nitrogens with zero attached hydrogens (tertiary/aromatic N) is 2. The molecule has 2 aromatic carbocycles. The van der Waals surface area contributed by atoms with Crippen molar-refractivity contribution < 1.29 is 22.7 Å². The third kappa shape index (κ3) is 4.57. The maximum atomic E-state index is 14.5. The van der Waals surface area contributed by atoms with Crippen LogP contribution < -0.4 is 5.32 Å². The Morgan fingerprint density at radius 3 is 2.53 bits per heavy atom. The van der Waals surface area contributed by atoms with Crippen molar-refractivity contribution in [1.29, 1.82) is 0 Å². The van der Waals surface area contributed by atoms with Gasteiger partial charge in [-0.2, -0.15) is 0 Å². The minimum Gasteiger partial charge on any atom is -0.379 e. The lowest BCUT2D eigenvalue weighted by atomic mass is 9.97.